The fraction of sp³-hybridized carbons (Fsp3) is 0.440. The third kappa shape index (κ3) is 6.61. The smallest absolute Gasteiger partial charge is 0.258 e. The normalized spacial score (nSPS) is 11.0. The van der Waals surface area contributed by atoms with Crippen molar-refractivity contribution in [2.24, 2.45) is 0 Å². The molecule has 0 unspecified atom stereocenters. The second kappa shape index (κ2) is 12.0. The number of unbranched alkanes of at least 4 members (excludes halogenated alkanes) is 6. The molecule has 0 bridgehead atoms. The van der Waals surface area contributed by atoms with Crippen molar-refractivity contribution in [1.29, 1.82) is 0 Å². The lowest BCUT2D eigenvalue weighted by Gasteiger charge is -2.11. The van der Waals surface area contributed by atoms with Crippen LogP contribution in [0.4, 0.5) is 0 Å². The second-order valence-corrected chi connectivity index (χ2v) is 7.67. The molecule has 0 saturated carbocycles. The van der Waals surface area contributed by atoms with Gasteiger partial charge in [0.1, 0.15) is 11.6 Å². The molecule has 0 aliphatic heterocycles. The summed E-state index contributed by atoms with van der Waals surface area (Å²) in [5.41, 5.74) is 2.11. The van der Waals surface area contributed by atoms with Crippen LogP contribution in [0.5, 0.6) is 5.75 Å². The highest BCUT2D eigenvalue weighted by Gasteiger charge is 2.11. The van der Waals surface area contributed by atoms with Gasteiger partial charge in [-0.15, -0.1) is 0 Å². The topological polar surface area (TPSA) is 56.2 Å². The summed E-state index contributed by atoms with van der Waals surface area (Å²) in [6, 6.07) is 17.6. The van der Waals surface area contributed by atoms with Gasteiger partial charge in [0.25, 0.3) is 5.91 Å². The first kappa shape index (κ1) is 21.9. The van der Waals surface area contributed by atoms with Gasteiger partial charge in [0.15, 0.2) is 6.61 Å². The number of hydrogen-bond donors (Lipinski definition) is 1. The summed E-state index contributed by atoms with van der Waals surface area (Å²) < 4.78 is 7.78. The maximum Gasteiger partial charge on any atom is 0.258 e. The summed E-state index contributed by atoms with van der Waals surface area (Å²) in [5.74, 6) is 1.45. The van der Waals surface area contributed by atoms with Gasteiger partial charge in [-0.1, -0.05) is 75.8 Å². The minimum absolute atomic E-state index is 0.00199. The van der Waals surface area contributed by atoms with Crippen molar-refractivity contribution in [3.05, 3.63) is 60.4 Å². The van der Waals surface area contributed by atoms with E-state index in [9.17, 15) is 4.79 Å². The lowest BCUT2D eigenvalue weighted by molar-refractivity contribution is -0.123. The molecule has 2 aromatic carbocycles. The van der Waals surface area contributed by atoms with E-state index in [1.54, 1.807) is 0 Å². The number of fused-ring (bicyclic) bond motifs is 1. The molecule has 5 heteroatoms. The first-order chi connectivity index (χ1) is 14.8. The maximum atomic E-state index is 12.2. The van der Waals surface area contributed by atoms with Crippen molar-refractivity contribution in [3.8, 4) is 5.75 Å². The zero-order valence-corrected chi connectivity index (χ0v) is 18.0. The van der Waals surface area contributed by atoms with Crippen molar-refractivity contribution in [3.63, 3.8) is 0 Å². The number of aromatic nitrogens is 2. The molecule has 3 rings (SSSR count). The average Bonchev–Trinajstić information content (AvgIpc) is 3.14. The van der Waals surface area contributed by atoms with Crippen LogP contribution in [-0.4, -0.2) is 22.1 Å². The van der Waals surface area contributed by atoms with Crippen LogP contribution in [0.25, 0.3) is 11.0 Å². The van der Waals surface area contributed by atoms with Gasteiger partial charge in [-0.05, 0) is 30.7 Å². The highest BCUT2D eigenvalue weighted by molar-refractivity contribution is 5.78. The molecule has 1 N–H and O–H groups in total. The van der Waals surface area contributed by atoms with E-state index in [2.05, 4.69) is 22.9 Å². The number of ether oxygens (including phenoxy) is 1. The largest absolute Gasteiger partial charge is 0.484 e. The van der Waals surface area contributed by atoms with E-state index in [-0.39, 0.29) is 12.5 Å². The molecule has 0 atom stereocenters. The third-order valence-corrected chi connectivity index (χ3v) is 5.28. The fourth-order valence-electron chi connectivity index (χ4n) is 3.63. The predicted octanol–water partition coefficient (Wildman–Crippen LogP) is 5.48. The minimum atomic E-state index is -0.145. The maximum absolute atomic E-state index is 12.2. The van der Waals surface area contributed by atoms with E-state index in [4.69, 9.17) is 9.72 Å². The monoisotopic (exact) mass is 407 g/mol. The summed E-state index contributed by atoms with van der Waals surface area (Å²) in [5, 5.41) is 2.95. The molecular weight excluding hydrogens is 374 g/mol. The Morgan fingerprint density at radius 1 is 0.933 bits per heavy atom. The number of carbonyl (C=O) groups is 1. The van der Waals surface area contributed by atoms with E-state index in [1.807, 2.05) is 48.5 Å². The van der Waals surface area contributed by atoms with E-state index in [0.29, 0.717) is 12.3 Å². The van der Waals surface area contributed by atoms with Crippen molar-refractivity contribution in [2.45, 2.75) is 65.0 Å². The van der Waals surface area contributed by atoms with E-state index in [0.717, 1.165) is 29.8 Å². The number of nitrogens with zero attached hydrogens (tertiary/aromatic N) is 2. The van der Waals surface area contributed by atoms with Gasteiger partial charge in [-0.2, -0.15) is 0 Å². The van der Waals surface area contributed by atoms with Crippen molar-refractivity contribution in [1.82, 2.24) is 14.9 Å². The summed E-state index contributed by atoms with van der Waals surface area (Å²) in [6.07, 6.45) is 8.93. The number of benzene rings is 2. The van der Waals surface area contributed by atoms with Crippen molar-refractivity contribution >= 4 is 16.9 Å². The van der Waals surface area contributed by atoms with Crippen LogP contribution >= 0.6 is 0 Å². The Kier molecular flexibility index (Phi) is 8.76. The molecule has 30 heavy (non-hydrogen) atoms. The molecule has 3 aromatic rings. The Morgan fingerprint density at radius 2 is 1.63 bits per heavy atom. The fourth-order valence-corrected chi connectivity index (χ4v) is 3.63. The summed E-state index contributed by atoms with van der Waals surface area (Å²) in [4.78, 5) is 17.0. The lowest BCUT2D eigenvalue weighted by Crippen LogP contribution is -2.29. The molecule has 1 aromatic heterocycles. The Morgan fingerprint density at radius 3 is 2.43 bits per heavy atom. The molecule has 160 valence electrons. The highest BCUT2D eigenvalue weighted by atomic mass is 16.5. The van der Waals surface area contributed by atoms with Gasteiger partial charge in [-0.3, -0.25) is 4.79 Å². The van der Waals surface area contributed by atoms with Crippen LogP contribution in [0.1, 0.15) is 57.7 Å². The van der Waals surface area contributed by atoms with E-state index in [1.165, 1.54) is 38.5 Å². The van der Waals surface area contributed by atoms with Gasteiger partial charge in [0, 0.05) is 6.54 Å². The Hall–Kier alpha value is -2.82. The average molecular weight is 408 g/mol. The Bertz CT molecular complexity index is 905. The van der Waals surface area contributed by atoms with Gasteiger partial charge < -0.3 is 14.6 Å². The van der Waals surface area contributed by atoms with E-state index >= 15 is 0 Å². The van der Waals surface area contributed by atoms with E-state index < -0.39 is 0 Å². The quantitative estimate of drug-likeness (QED) is 0.382. The molecule has 5 nitrogen and oxygen atoms in total. The van der Waals surface area contributed by atoms with Crippen LogP contribution in [0.3, 0.4) is 0 Å². The summed E-state index contributed by atoms with van der Waals surface area (Å²) in [7, 11) is 0. The third-order valence-electron chi connectivity index (χ3n) is 5.28. The molecule has 0 spiro atoms. The Balaban J connectivity index is 1.52. The Labute approximate surface area is 179 Å². The first-order valence-corrected chi connectivity index (χ1v) is 11.2. The number of imidazole rings is 1. The molecule has 0 saturated heterocycles. The number of rotatable bonds is 13. The molecular formula is C25H33N3O2. The SMILES string of the molecule is CCCCCCCCCn1c(CNC(=O)COc2ccccc2)nc2ccccc21. The van der Waals surface area contributed by atoms with Gasteiger partial charge in [0.2, 0.25) is 0 Å². The standard InChI is InChI=1S/C25H33N3O2/c1-2-3-4-5-6-7-13-18-28-23-17-12-11-16-22(23)27-24(28)19-26-25(29)20-30-21-14-9-8-10-15-21/h8-12,14-17H,2-7,13,18-20H2,1H3,(H,26,29). The van der Waals surface area contributed by atoms with Gasteiger partial charge in [-0.25, -0.2) is 4.98 Å². The number of nitrogens with one attached hydrogen (secondary N) is 1. The van der Waals surface area contributed by atoms with Gasteiger partial charge in [0.05, 0.1) is 17.6 Å². The van der Waals surface area contributed by atoms with Crippen molar-refractivity contribution in [2.75, 3.05) is 6.61 Å². The molecule has 0 fully saturated rings. The summed E-state index contributed by atoms with van der Waals surface area (Å²) in [6.45, 7) is 3.59. The van der Waals surface area contributed by atoms with Crippen molar-refractivity contribution < 1.29 is 9.53 Å². The lowest BCUT2D eigenvalue weighted by atomic mass is 10.1. The van der Waals surface area contributed by atoms with Crippen LogP contribution in [0.15, 0.2) is 54.6 Å². The molecule has 0 aliphatic carbocycles. The van der Waals surface area contributed by atoms with Gasteiger partial charge >= 0.3 is 0 Å². The molecule has 1 heterocycles. The number of para-hydroxylation sites is 3. The first-order valence-electron chi connectivity index (χ1n) is 11.2. The van der Waals surface area contributed by atoms with Crippen LogP contribution in [-0.2, 0) is 17.9 Å². The minimum Gasteiger partial charge on any atom is -0.484 e. The number of aryl methyl sites for hydroxylation is 1. The molecule has 0 radical (unpaired) electrons. The second-order valence-electron chi connectivity index (χ2n) is 7.67. The number of hydrogen-bond acceptors (Lipinski definition) is 3. The molecule has 0 aliphatic rings. The molecule has 1 amide bonds. The summed E-state index contributed by atoms with van der Waals surface area (Å²) >= 11 is 0. The van der Waals surface area contributed by atoms with Crippen LogP contribution < -0.4 is 10.1 Å². The number of amides is 1. The van der Waals surface area contributed by atoms with Crippen LogP contribution in [0, 0.1) is 0 Å². The highest BCUT2D eigenvalue weighted by Crippen LogP contribution is 2.18. The predicted molar refractivity (Wildman–Crippen MR) is 122 cm³/mol. The number of carbonyl (C=O) groups excluding carboxylic acids is 1. The zero-order valence-electron chi connectivity index (χ0n) is 18.0. The zero-order chi connectivity index (χ0) is 21.0. The van der Waals surface area contributed by atoms with Crippen LogP contribution in [0.2, 0.25) is 0 Å².